The number of hydrogen-bond acceptors (Lipinski definition) is 4. The van der Waals surface area contributed by atoms with Gasteiger partial charge in [-0.1, -0.05) is 72.6 Å². The van der Waals surface area contributed by atoms with E-state index in [4.69, 9.17) is 11.6 Å². The summed E-state index contributed by atoms with van der Waals surface area (Å²) in [6.07, 6.45) is 0.751. The van der Waals surface area contributed by atoms with Crippen molar-refractivity contribution in [2.45, 2.75) is 51.6 Å². The van der Waals surface area contributed by atoms with Crippen LogP contribution in [-0.4, -0.2) is 44.3 Å². The molecule has 7 nitrogen and oxygen atoms in total. The molecule has 0 aliphatic rings. The molecule has 0 saturated carbocycles. The van der Waals surface area contributed by atoms with Gasteiger partial charge in [-0.05, 0) is 62.6 Å². The van der Waals surface area contributed by atoms with Crippen LogP contribution < -0.4 is 9.62 Å². The maximum Gasteiger partial charge on any atom is 0.264 e. The lowest BCUT2D eigenvalue weighted by atomic mass is 10.1. The van der Waals surface area contributed by atoms with Crippen molar-refractivity contribution in [3.8, 4) is 0 Å². The predicted molar refractivity (Wildman–Crippen MR) is 152 cm³/mol. The highest BCUT2D eigenvalue weighted by Crippen LogP contribution is 2.31. The van der Waals surface area contributed by atoms with Crippen LogP contribution in [-0.2, 0) is 26.2 Å². The number of anilines is 1. The lowest BCUT2D eigenvalue weighted by Gasteiger charge is -2.32. The molecule has 0 heterocycles. The van der Waals surface area contributed by atoms with Crippen LogP contribution in [0, 0.1) is 13.8 Å². The van der Waals surface area contributed by atoms with E-state index in [-0.39, 0.29) is 17.3 Å². The number of nitrogens with one attached hydrogen (secondary N) is 1. The number of aryl methyl sites for hydroxylation is 1. The first kappa shape index (κ1) is 29.2. The van der Waals surface area contributed by atoms with Gasteiger partial charge in [-0.2, -0.15) is 0 Å². The first-order valence-corrected chi connectivity index (χ1v) is 14.3. The molecule has 3 aromatic carbocycles. The number of hydrogen-bond donors (Lipinski definition) is 1. The van der Waals surface area contributed by atoms with Crippen molar-refractivity contribution < 1.29 is 18.0 Å². The average molecular weight is 556 g/mol. The van der Waals surface area contributed by atoms with Crippen molar-refractivity contribution in [2.75, 3.05) is 17.4 Å². The normalized spacial score (nSPS) is 12.0. The van der Waals surface area contributed by atoms with Gasteiger partial charge in [-0.15, -0.1) is 0 Å². The number of sulfonamides is 1. The van der Waals surface area contributed by atoms with E-state index in [0.717, 1.165) is 21.9 Å². The second kappa shape index (κ2) is 12.9. The summed E-state index contributed by atoms with van der Waals surface area (Å²) in [5.41, 5.74) is 2.72. The second-order valence-electron chi connectivity index (χ2n) is 9.18. The number of carbonyl (C=O) groups is 2. The van der Waals surface area contributed by atoms with Gasteiger partial charge in [0.2, 0.25) is 11.8 Å². The summed E-state index contributed by atoms with van der Waals surface area (Å²) >= 11 is 6.34. The molecule has 0 saturated heterocycles. The Hall–Kier alpha value is -3.36. The van der Waals surface area contributed by atoms with Crippen molar-refractivity contribution in [2.24, 2.45) is 0 Å². The van der Waals surface area contributed by atoms with Crippen LogP contribution >= 0.6 is 11.6 Å². The first-order chi connectivity index (χ1) is 18.1. The first-order valence-electron chi connectivity index (χ1n) is 12.5. The van der Waals surface area contributed by atoms with Crippen molar-refractivity contribution in [3.63, 3.8) is 0 Å². The highest BCUT2D eigenvalue weighted by molar-refractivity contribution is 7.92. The molecule has 1 N–H and O–H groups in total. The molecule has 0 aliphatic heterocycles. The van der Waals surface area contributed by atoms with E-state index in [1.165, 1.54) is 17.0 Å². The van der Waals surface area contributed by atoms with Crippen molar-refractivity contribution >= 4 is 39.1 Å². The van der Waals surface area contributed by atoms with Gasteiger partial charge < -0.3 is 10.2 Å². The molecule has 9 heteroatoms. The van der Waals surface area contributed by atoms with E-state index in [9.17, 15) is 18.0 Å². The zero-order valence-electron chi connectivity index (χ0n) is 22.1. The number of amides is 2. The van der Waals surface area contributed by atoms with E-state index < -0.39 is 28.5 Å². The second-order valence-corrected chi connectivity index (χ2v) is 11.5. The number of rotatable bonds is 11. The maximum absolute atomic E-state index is 13.9. The summed E-state index contributed by atoms with van der Waals surface area (Å²) in [7, 11) is -4.13. The van der Waals surface area contributed by atoms with Crippen LogP contribution in [0.3, 0.4) is 0 Å². The number of nitrogens with zero attached hydrogens (tertiary/aromatic N) is 2. The summed E-state index contributed by atoms with van der Waals surface area (Å²) in [5, 5.41) is 3.22. The molecule has 0 fully saturated rings. The zero-order chi connectivity index (χ0) is 27.9. The van der Waals surface area contributed by atoms with Crippen LogP contribution in [0.2, 0.25) is 5.02 Å². The quantitative estimate of drug-likeness (QED) is 0.357. The maximum atomic E-state index is 13.9. The third kappa shape index (κ3) is 6.94. The van der Waals surface area contributed by atoms with Gasteiger partial charge >= 0.3 is 0 Å². The highest BCUT2D eigenvalue weighted by atomic mass is 35.5. The van der Waals surface area contributed by atoms with Gasteiger partial charge in [0.25, 0.3) is 10.0 Å². The Bertz CT molecular complexity index is 1360. The Labute approximate surface area is 230 Å². The summed E-state index contributed by atoms with van der Waals surface area (Å²) < 4.78 is 28.7. The molecule has 3 rings (SSSR count). The Kier molecular flexibility index (Phi) is 9.94. The minimum atomic E-state index is -4.13. The largest absolute Gasteiger partial charge is 0.354 e. The lowest BCUT2D eigenvalue weighted by Crippen LogP contribution is -2.51. The Morgan fingerprint density at radius 1 is 0.947 bits per heavy atom. The highest BCUT2D eigenvalue weighted by Gasteiger charge is 2.33. The molecular formula is C29H34ClN3O4S. The van der Waals surface area contributed by atoms with Crippen LogP contribution in [0.15, 0.2) is 77.7 Å². The van der Waals surface area contributed by atoms with E-state index >= 15 is 0 Å². The van der Waals surface area contributed by atoms with Crippen molar-refractivity contribution in [3.05, 3.63) is 94.5 Å². The summed E-state index contributed by atoms with van der Waals surface area (Å²) in [5.74, 6) is -0.813. The number of halogens is 1. The van der Waals surface area contributed by atoms with Crippen LogP contribution in [0.4, 0.5) is 5.69 Å². The third-order valence-corrected chi connectivity index (χ3v) is 8.49. The monoisotopic (exact) mass is 555 g/mol. The molecule has 3 aromatic rings. The SMILES string of the molecule is CCCNC(=O)[C@@H](C)N(Cc1ccc(C)cc1)C(=O)CN(c1cccc(Cl)c1C)S(=O)(=O)c1ccccc1. The van der Waals surface area contributed by atoms with Crippen LogP contribution in [0.5, 0.6) is 0 Å². The van der Waals surface area contributed by atoms with Crippen molar-refractivity contribution in [1.29, 1.82) is 0 Å². The molecule has 0 unspecified atom stereocenters. The predicted octanol–water partition coefficient (Wildman–Crippen LogP) is 5.10. The Morgan fingerprint density at radius 3 is 2.24 bits per heavy atom. The van der Waals surface area contributed by atoms with Gasteiger partial charge in [0.1, 0.15) is 12.6 Å². The molecule has 0 radical (unpaired) electrons. The fraction of sp³-hybridized carbons (Fsp3) is 0.310. The molecule has 1 atom stereocenters. The minimum absolute atomic E-state index is 0.0472. The van der Waals surface area contributed by atoms with Gasteiger partial charge in [-0.3, -0.25) is 13.9 Å². The standard InChI is InChI=1S/C29H34ClN3O4S/c1-5-18-31-29(35)23(4)32(19-24-16-14-21(2)15-17-24)28(34)20-33(27-13-9-12-26(30)22(27)3)38(36,37)25-10-7-6-8-11-25/h6-17,23H,5,18-20H2,1-4H3,(H,31,35)/t23-/m1/s1. The lowest BCUT2D eigenvalue weighted by molar-refractivity contribution is -0.139. The fourth-order valence-electron chi connectivity index (χ4n) is 3.97. The van der Waals surface area contributed by atoms with Crippen LogP contribution in [0.25, 0.3) is 0 Å². The zero-order valence-corrected chi connectivity index (χ0v) is 23.7. The molecule has 0 aliphatic carbocycles. The van der Waals surface area contributed by atoms with Gasteiger partial charge in [0.05, 0.1) is 10.6 Å². The molecule has 202 valence electrons. The van der Waals surface area contributed by atoms with Gasteiger partial charge in [-0.25, -0.2) is 8.42 Å². The Morgan fingerprint density at radius 2 is 1.61 bits per heavy atom. The fourth-order valence-corrected chi connectivity index (χ4v) is 5.63. The molecule has 38 heavy (non-hydrogen) atoms. The number of benzene rings is 3. The van der Waals surface area contributed by atoms with Crippen molar-refractivity contribution in [1.82, 2.24) is 10.2 Å². The smallest absolute Gasteiger partial charge is 0.264 e. The number of carbonyl (C=O) groups excluding carboxylic acids is 2. The van der Waals surface area contributed by atoms with E-state index in [1.54, 1.807) is 50.2 Å². The van der Waals surface area contributed by atoms with E-state index in [1.807, 2.05) is 38.1 Å². The minimum Gasteiger partial charge on any atom is -0.354 e. The molecule has 2 amide bonds. The molecule has 0 spiro atoms. The summed E-state index contributed by atoms with van der Waals surface area (Å²) in [6, 6.07) is 19.7. The summed E-state index contributed by atoms with van der Waals surface area (Å²) in [6.45, 7) is 7.39. The Balaban J connectivity index is 2.04. The summed E-state index contributed by atoms with van der Waals surface area (Å²) in [4.78, 5) is 28.3. The topological polar surface area (TPSA) is 86.8 Å². The van der Waals surface area contributed by atoms with Gasteiger partial charge in [0.15, 0.2) is 0 Å². The van der Waals surface area contributed by atoms with E-state index in [0.29, 0.717) is 22.8 Å². The third-order valence-electron chi connectivity index (χ3n) is 6.31. The van der Waals surface area contributed by atoms with Crippen LogP contribution in [0.1, 0.15) is 37.0 Å². The van der Waals surface area contributed by atoms with E-state index in [2.05, 4.69) is 5.32 Å². The molecule has 0 aromatic heterocycles. The molecule has 0 bridgehead atoms. The van der Waals surface area contributed by atoms with Gasteiger partial charge in [0, 0.05) is 18.1 Å². The average Bonchev–Trinajstić information content (AvgIpc) is 2.91. The molecular weight excluding hydrogens is 522 g/mol.